The van der Waals surface area contributed by atoms with Crippen molar-refractivity contribution in [3.8, 4) is 22.6 Å². The van der Waals surface area contributed by atoms with E-state index in [4.69, 9.17) is 20.9 Å². The monoisotopic (exact) mass is 418 g/mol. The van der Waals surface area contributed by atoms with E-state index in [-0.39, 0.29) is 23.9 Å². The summed E-state index contributed by atoms with van der Waals surface area (Å²) in [4.78, 5) is 7.84. The molecule has 0 radical (unpaired) electrons. The van der Waals surface area contributed by atoms with Gasteiger partial charge in [-0.1, -0.05) is 30.3 Å². The molecule has 158 valence electrons. The van der Waals surface area contributed by atoms with E-state index in [1.807, 2.05) is 6.07 Å². The van der Waals surface area contributed by atoms with Crippen LogP contribution >= 0.6 is 0 Å². The zero-order valence-corrected chi connectivity index (χ0v) is 16.2. The van der Waals surface area contributed by atoms with Gasteiger partial charge in [-0.05, 0) is 30.2 Å². The number of alkyl halides is 3. The van der Waals surface area contributed by atoms with Gasteiger partial charge in [0.1, 0.15) is 17.3 Å². The number of benzene rings is 2. The number of nitrogens with two attached hydrogens (primary N) is 2. The summed E-state index contributed by atoms with van der Waals surface area (Å²) in [6.07, 6.45) is -2.73. The second-order valence-corrected chi connectivity index (χ2v) is 6.49. The first-order valence-electron chi connectivity index (χ1n) is 9.18. The highest BCUT2D eigenvalue weighted by Gasteiger charge is 2.29. The molecular formula is C21H21F3N4O2. The normalized spacial score (nSPS) is 11.3. The molecule has 1 aromatic heterocycles. The summed E-state index contributed by atoms with van der Waals surface area (Å²) in [6.45, 7) is 0.702. The van der Waals surface area contributed by atoms with Crippen LogP contribution in [0.2, 0.25) is 0 Å². The Labute approximate surface area is 171 Å². The van der Waals surface area contributed by atoms with Gasteiger partial charge in [-0.15, -0.1) is 0 Å². The smallest absolute Gasteiger partial charge is 0.422 e. The molecule has 6 nitrogen and oxygen atoms in total. The molecule has 4 N–H and O–H groups in total. The third kappa shape index (κ3) is 5.31. The first-order chi connectivity index (χ1) is 14.3. The van der Waals surface area contributed by atoms with Crippen LogP contribution in [0.1, 0.15) is 18.1 Å². The van der Waals surface area contributed by atoms with Gasteiger partial charge in [-0.3, -0.25) is 0 Å². The maximum Gasteiger partial charge on any atom is 0.422 e. The lowest BCUT2D eigenvalue weighted by atomic mass is 9.98. The van der Waals surface area contributed by atoms with Crippen molar-refractivity contribution in [1.82, 2.24) is 9.97 Å². The molecule has 0 atom stereocenters. The fraction of sp³-hybridized carbons (Fsp3) is 0.238. The Bertz CT molecular complexity index is 1010. The first-order valence-corrected chi connectivity index (χ1v) is 9.18. The molecule has 0 saturated carbocycles. The van der Waals surface area contributed by atoms with Crippen molar-refractivity contribution in [1.29, 1.82) is 0 Å². The summed E-state index contributed by atoms with van der Waals surface area (Å²) >= 11 is 0. The minimum absolute atomic E-state index is 0.0416. The quantitative estimate of drug-likeness (QED) is 0.596. The van der Waals surface area contributed by atoms with Crippen LogP contribution in [-0.2, 0) is 6.42 Å². The van der Waals surface area contributed by atoms with Crippen molar-refractivity contribution in [3.63, 3.8) is 0 Å². The maximum absolute atomic E-state index is 12.9. The Balaban J connectivity index is 2.09. The molecule has 30 heavy (non-hydrogen) atoms. The molecule has 0 fully saturated rings. The molecule has 0 aliphatic carbocycles. The highest BCUT2D eigenvalue weighted by Crippen LogP contribution is 2.41. The van der Waals surface area contributed by atoms with Gasteiger partial charge in [0, 0.05) is 18.2 Å². The maximum atomic E-state index is 12.9. The predicted octanol–water partition coefficient (Wildman–Crippen LogP) is 4.24. The summed E-state index contributed by atoms with van der Waals surface area (Å²) in [5.41, 5.74) is 13.8. The minimum atomic E-state index is -4.48. The number of nitrogen functional groups attached to an aromatic ring is 2. The van der Waals surface area contributed by atoms with E-state index in [9.17, 15) is 13.2 Å². The van der Waals surface area contributed by atoms with Crippen LogP contribution in [0.4, 0.5) is 24.9 Å². The highest BCUT2D eigenvalue weighted by molar-refractivity contribution is 5.77. The Morgan fingerprint density at radius 1 is 1.00 bits per heavy atom. The van der Waals surface area contributed by atoms with E-state index >= 15 is 0 Å². The van der Waals surface area contributed by atoms with Gasteiger partial charge in [-0.25, -0.2) is 4.98 Å². The summed E-state index contributed by atoms with van der Waals surface area (Å²) in [7, 11) is 0. The Hall–Kier alpha value is -3.49. The van der Waals surface area contributed by atoms with Gasteiger partial charge in [0.25, 0.3) is 0 Å². The van der Waals surface area contributed by atoms with Crippen LogP contribution in [0.3, 0.4) is 0 Å². The number of rotatable bonds is 7. The molecule has 0 bridgehead atoms. The van der Waals surface area contributed by atoms with E-state index in [0.29, 0.717) is 34.6 Å². The number of hydrogen-bond donors (Lipinski definition) is 2. The molecule has 9 heteroatoms. The fourth-order valence-electron chi connectivity index (χ4n) is 2.97. The number of anilines is 2. The van der Waals surface area contributed by atoms with E-state index in [1.165, 1.54) is 6.20 Å². The number of halogens is 3. The van der Waals surface area contributed by atoms with E-state index in [2.05, 4.69) is 9.97 Å². The van der Waals surface area contributed by atoms with Crippen LogP contribution in [0.15, 0.2) is 48.7 Å². The lowest BCUT2D eigenvalue weighted by molar-refractivity contribution is -0.153. The molecular weight excluding hydrogens is 397 g/mol. The van der Waals surface area contributed by atoms with Crippen LogP contribution in [0, 0.1) is 0 Å². The number of hydrogen-bond acceptors (Lipinski definition) is 6. The molecule has 1 heterocycles. The van der Waals surface area contributed by atoms with Crippen molar-refractivity contribution in [2.45, 2.75) is 19.5 Å². The number of aromatic nitrogens is 2. The van der Waals surface area contributed by atoms with Crippen molar-refractivity contribution < 1.29 is 22.6 Å². The third-order valence-corrected chi connectivity index (χ3v) is 4.19. The largest absolute Gasteiger partial charge is 0.493 e. The topological polar surface area (TPSA) is 96.3 Å². The molecule has 2 aromatic carbocycles. The van der Waals surface area contributed by atoms with Crippen LogP contribution in [-0.4, -0.2) is 29.4 Å². The van der Waals surface area contributed by atoms with Gasteiger partial charge in [0.2, 0.25) is 5.95 Å². The van der Waals surface area contributed by atoms with Gasteiger partial charge in [0.15, 0.2) is 6.61 Å². The lowest BCUT2D eigenvalue weighted by Gasteiger charge is -2.19. The number of nitrogens with zero attached hydrogens (tertiary/aromatic N) is 2. The van der Waals surface area contributed by atoms with E-state index in [1.54, 1.807) is 43.3 Å². The molecule has 0 amide bonds. The number of ether oxygens (including phenoxy) is 2. The van der Waals surface area contributed by atoms with Crippen molar-refractivity contribution in [3.05, 3.63) is 59.8 Å². The summed E-state index contributed by atoms with van der Waals surface area (Å²) in [5.74, 6) is 0.716. The Morgan fingerprint density at radius 3 is 2.27 bits per heavy atom. The third-order valence-electron chi connectivity index (χ3n) is 4.19. The Kier molecular flexibility index (Phi) is 6.29. The van der Waals surface area contributed by atoms with Crippen molar-refractivity contribution >= 4 is 11.8 Å². The Morgan fingerprint density at radius 2 is 1.67 bits per heavy atom. The summed E-state index contributed by atoms with van der Waals surface area (Å²) in [6, 6.07) is 12.3. The predicted molar refractivity (Wildman–Crippen MR) is 108 cm³/mol. The summed E-state index contributed by atoms with van der Waals surface area (Å²) < 4.78 is 49.5. The van der Waals surface area contributed by atoms with E-state index in [0.717, 1.165) is 0 Å². The molecule has 0 aliphatic rings. The average molecular weight is 418 g/mol. The highest BCUT2D eigenvalue weighted by atomic mass is 19.4. The van der Waals surface area contributed by atoms with Crippen LogP contribution in [0.25, 0.3) is 11.1 Å². The standard InChI is InChI=1S/C21H21F3N4O2/c1-2-29-16-9-13(8-15-11-27-20(26)28-19(15)25)10-17(30-12-21(22,23)24)18(16)14-6-4-3-5-7-14/h3-7,9-11H,2,8,12H2,1H3,(H4,25,26,27,28). The molecule has 0 saturated heterocycles. The van der Waals surface area contributed by atoms with Gasteiger partial charge in [-0.2, -0.15) is 18.2 Å². The van der Waals surface area contributed by atoms with Crippen molar-refractivity contribution in [2.24, 2.45) is 0 Å². The van der Waals surface area contributed by atoms with Crippen LogP contribution in [0.5, 0.6) is 11.5 Å². The van der Waals surface area contributed by atoms with Gasteiger partial charge >= 0.3 is 6.18 Å². The molecule has 3 rings (SSSR count). The molecule has 0 spiro atoms. The summed E-state index contributed by atoms with van der Waals surface area (Å²) in [5, 5.41) is 0. The minimum Gasteiger partial charge on any atom is -0.493 e. The van der Waals surface area contributed by atoms with Gasteiger partial charge < -0.3 is 20.9 Å². The van der Waals surface area contributed by atoms with Gasteiger partial charge in [0.05, 0.1) is 12.2 Å². The first kappa shape index (κ1) is 21.2. The molecule has 3 aromatic rings. The molecule has 0 aliphatic heterocycles. The second kappa shape index (κ2) is 8.89. The van der Waals surface area contributed by atoms with Crippen molar-refractivity contribution in [2.75, 3.05) is 24.7 Å². The zero-order valence-electron chi connectivity index (χ0n) is 16.2. The molecule has 0 unspecified atom stereocenters. The lowest BCUT2D eigenvalue weighted by Crippen LogP contribution is -2.19. The van der Waals surface area contributed by atoms with Crippen LogP contribution < -0.4 is 20.9 Å². The zero-order chi connectivity index (χ0) is 21.7. The van der Waals surface area contributed by atoms with E-state index < -0.39 is 12.8 Å². The average Bonchev–Trinajstić information content (AvgIpc) is 2.69. The fourth-order valence-corrected chi connectivity index (χ4v) is 2.97. The second-order valence-electron chi connectivity index (χ2n) is 6.49. The SMILES string of the molecule is CCOc1cc(Cc2cnc(N)nc2N)cc(OCC(F)(F)F)c1-c1ccccc1.